The average Bonchev–Trinajstić information content (AvgIpc) is 3.36. The van der Waals surface area contributed by atoms with Crippen LogP contribution >= 0.6 is 0 Å². The summed E-state index contributed by atoms with van der Waals surface area (Å²) in [5.74, 6) is 1.18. The molecule has 0 radical (unpaired) electrons. The number of hydrogen-bond donors (Lipinski definition) is 2. The van der Waals surface area contributed by atoms with Crippen LogP contribution in [0.1, 0.15) is 37.3 Å². The van der Waals surface area contributed by atoms with Crippen molar-refractivity contribution in [3.05, 3.63) is 41.9 Å². The Kier molecular flexibility index (Phi) is 5.16. The molecule has 0 spiro atoms. The maximum absolute atomic E-state index is 12.2. The first-order valence-electron chi connectivity index (χ1n) is 8.62. The van der Waals surface area contributed by atoms with Gasteiger partial charge in [0, 0.05) is 30.9 Å². The van der Waals surface area contributed by atoms with Crippen molar-refractivity contribution in [3.8, 4) is 11.3 Å². The van der Waals surface area contributed by atoms with Crippen LogP contribution in [-0.4, -0.2) is 22.8 Å². The van der Waals surface area contributed by atoms with Gasteiger partial charge < -0.3 is 15.5 Å². The Bertz CT molecular complexity index is 751. The normalized spacial score (nSPS) is 14.9. The zero-order valence-corrected chi connectivity index (χ0v) is 14.3. The van der Waals surface area contributed by atoms with Crippen LogP contribution in [0, 0.1) is 12.8 Å². The monoisotopic (exact) mass is 341 g/mol. The van der Waals surface area contributed by atoms with E-state index in [1.165, 1.54) is 0 Å². The van der Waals surface area contributed by atoms with E-state index in [1.807, 2.05) is 37.3 Å². The van der Waals surface area contributed by atoms with E-state index < -0.39 is 0 Å². The van der Waals surface area contributed by atoms with Gasteiger partial charge in [-0.15, -0.1) is 0 Å². The fourth-order valence-corrected chi connectivity index (χ4v) is 2.97. The minimum atomic E-state index is -0.381. The number of primary amides is 1. The molecule has 132 valence electrons. The summed E-state index contributed by atoms with van der Waals surface area (Å²) in [7, 11) is 0. The first kappa shape index (κ1) is 17.2. The molecule has 0 unspecified atom stereocenters. The van der Waals surface area contributed by atoms with Crippen LogP contribution in [0.25, 0.3) is 11.3 Å². The molecular weight excluding hydrogens is 318 g/mol. The highest BCUT2D eigenvalue weighted by Crippen LogP contribution is 2.34. The van der Waals surface area contributed by atoms with Crippen molar-refractivity contribution in [1.29, 1.82) is 0 Å². The zero-order chi connectivity index (χ0) is 17.8. The molecule has 3 N–H and O–H groups in total. The highest BCUT2D eigenvalue weighted by Gasteiger charge is 2.33. The molecule has 6 nitrogen and oxygen atoms in total. The number of nitrogens with two attached hydrogens (primary N) is 1. The maximum atomic E-state index is 12.2. The number of oxazole rings is 1. The summed E-state index contributed by atoms with van der Waals surface area (Å²) < 4.78 is 5.81. The number of amides is 2. The van der Waals surface area contributed by atoms with E-state index in [0.717, 1.165) is 29.9 Å². The molecule has 3 rings (SSSR count). The van der Waals surface area contributed by atoms with Gasteiger partial charge in [0.15, 0.2) is 11.7 Å². The first-order chi connectivity index (χ1) is 12.0. The zero-order valence-electron chi connectivity index (χ0n) is 14.3. The number of benzene rings is 1. The third-order valence-electron chi connectivity index (χ3n) is 4.40. The highest BCUT2D eigenvalue weighted by atomic mass is 16.4. The van der Waals surface area contributed by atoms with E-state index in [2.05, 4.69) is 10.3 Å². The van der Waals surface area contributed by atoms with E-state index in [-0.39, 0.29) is 30.7 Å². The standard InChI is InChI=1S/C19H23N3O3/c1-12-19(14-5-3-2-4-6-14)25-18(21-12)10-9-17(24)22-15(11-16(20)23)13-7-8-13/h2-6,13,15H,7-11H2,1H3,(H2,20,23)(H,22,24)/t15-/m0/s1. The molecule has 1 atom stereocenters. The summed E-state index contributed by atoms with van der Waals surface area (Å²) in [6, 6.07) is 9.63. The van der Waals surface area contributed by atoms with Crippen molar-refractivity contribution < 1.29 is 14.0 Å². The lowest BCUT2D eigenvalue weighted by molar-refractivity contribution is -0.122. The van der Waals surface area contributed by atoms with Crippen LogP contribution in [0.4, 0.5) is 0 Å². The number of rotatable bonds is 8. The molecule has 0 aliphatic heterocycles. The van der Waals surface area contributed by atoms with Gasteiger partial charge in [-0.2, -0.15) is 0 Å². The van der Waals surface area contributed by atoms with Crippen molar-refractivity contribution in [2.75, 3.05) is 0 Å². The molecule has 1 aliphatic rings. The number of aryl methyl sites for hydroxylation is 2. The van der Waals surface area contributed by atoms with E-state index in [0.29, 0.717) is 18.2 Å². The molecule has 1 fully saturated rings. The van der Waals surface area contributed by atoms with E-state index in [4.69, 9.17) is 10.2 Å². The van der Waals surface area contributed by atoms with Crippen LogP contribution in [0.5, 0.6) is 0 Å². The predicted octanol–water partition coefficient (Wildman–Crippen LogP) is 2.35. The summed E-state index contributed by atoms with van der Waals surface area (Å²) in [5.41, 5.74) is 7.04. The minimum Gasteiger partial charge on any atom is -0.440 e. The molecule has 0 saturated heterocycles. The molecule has 1 aromatic heterocycles. The highest BCUT2D eigenvalue weighted by molar-refractivity contribution is 5.79. The second-order valence-electron chi connectivity index (χ2n) is 6.57. The van der Waals surface area contributed by atoms with Crippen LogP contribution < -0.4 is 11.1 Å². The number of nitrogens with zero attached hydrogens (tertiary/aromatic N) is 1. The minimum absolute atomic E-state index is 0.102. The van der Waals surface area contributed by atoms with Gasteiger partial charge in [-0.05, 0) is 25.7 Å². The summed E-state index contributed by atoms with van der Waals surface area (Å²) in [6.45, 7) is 1.89. The molecule has 0 bridgehead atoms. The van der Waals surface area contributed by atoms with Crippen LogP contribution in [0.2, 0.25) is 0 Å². The molecular formula is C19H23N3O3. The Morgan fingerprint density at radius 1 is 1.32 bits per heavy atom. The number of aromatic nitrogens is 1. The van der Waals surface area contributed by atoms with Gasteiger partial charge in [0.1, 0.15) is 0 Å². The SMILES string of the molecule is Cc1nc(CCC(=O)N[C@@H](CC(N)=O)C2CC2)oc1-c1ccccc1. The molecule has 25 heavy (non-hydrogen) atoms. The topological polar surface area (TPSA) is 98.2 Å². The fraction of sp³-hybridized carbons (Fsp3) is 0.421. The van der Waals surface area contributed by atoms with Gasteiger partial charge in [0.05, 0.1) is 5.69 Å². The molecule has 2 amide bonds. The third kappa shape index (κ3) is 4.68. The van der Waals surface area contributed by atoms with Gasteiger partial charge in [0.2, 0.25) is 11.8 Å². The van der Waals surface area contributed by atoms with Gasteiger partial charge in [-0.3, -0.25) is 9.59 Å². The molecule has 6 heteroatoms. The number of carbonyl (C=O) groups is 2. The molecule has 1 heterocycles. The lowest BCUT2D eigenvalue weighted by Gasteiger charge is -2.16. The second kappa shape index (κ2) is 7.51. The maximum Gasteiger partial charge on any atom is 0.220 e. The van der Waals surface area contributed by atoms with Crippen molar-refractivity contribution in [2.45, 2.75) is 45.1 Å². The average molecular weight is 341 g/mol. The number of hydrogen-bond acceptors (Lipinski definition) is 4. The largest absolute Gasteiger partial charge is 0.440 e. The molecule has 2 aromatic rings. The summed E-state index contributed by atoms with van der Waals surface area (Å²) in [4.78, 5) is 27.7. The van der Waals surface area contributed by atoms with E-state index in [1.54, 1.807) is 0 Å². The summed E-state index contributed by atoms with van der Waals surface area (Å²) in [6.07, 6.45) is 2.98. The van der Waals surface area contributed by atoms with Gasteiger partial charge in [-0.1, -0.05) is 30.3 Å². The first-order valence-corrected chi connectivity index (χ1v) is 8.62. The Hall–Kier alpha value is -2.63. The van der Waals surface area contributed by atoms with Crippen molar-refractivity contribution in [1.82, 2.24) is 10.3 Å². The van der Waals surface area contributed by atoms with Crippen molar-refractivity contribution in [2.24, 2.45) is 11.7 Å². The quantitative estimate of drug-likeness (QED) is 0.770. The van der Waals surface area contributed by atoms with Crippen LogP contribution in [0.3, 0.4) is 0 Å². The predicted molar refractivity (Wildman–Crippen MR) is 93.5 cm³/mol. The van der Waals surface area contributed by atoms with Gasteiger partial charge in [0.25, 0.3) is 0 Å². The van der Waals surface area contributed by atoms with E-state index >= 15 is 0 Å². The number of nitrogens with one attached hydrogen (secondary N) is 1. The molecule has 1 saturated carbocycles. The smallest absolute Gasteiger partial charge is 0.220 e. The molecule has 1 aliphatic carbocycles. The lowest BCUT2D eigenvalue weighted by atomic mass is 10.1. The summed E-state index contributed by atoms with van der Waals surface area (Å²) >= 11 is 0. The molecule has 1 aromatic carbocycles. The Morgan fingerprint density at radius 2 is 2.04 bits per heavy atom. The Morgan fingerprint density at radius 3 is 2.68 bits per heavy atom. The Balaban J connectivity index is 1.56. The second-order valence-corrected chi connectivity index (χ2v) is 6.57. The van der Waals surface area contributed by atoms with E-state index in [9.17, 15) is 9.59 Å². The Labute approximate surface area is 146 Å². The van der Waals surface area contributed by atoms with Crippen LogP contribution in [-0.2, 0) is 16.0 Å². The lowest BCUT2D eigenvalue weighted by Crippen LogP contribution is -2.39. The van der Waals surface area contributed by atoms with Crippen molar-refractivity contribution >= 4 is 11.8 Å². The summed E-state index contributed by atoms with van der Waals surface area (Å²) in [5, 5.41) is 2.92. The van der Waals surface area contributed by atoms with Crippen LogP contribution in [0.15, 0.2) is 34.7 Å². The fourth-order valence-electron chi connectivity index (χ4n) is 2.97. The van der Waals surface area contributed by atoms with Crippen molar-refractivity contribution in [3.63, 3.8) is 0 Å². The number of carbonyl (C=O) groups excluding carboxylic acids is 2. The third-order valence-corrected chi connectivity index (χ3v) is 4.40. The van der Waals surface area contributed by atoms with Gasteiger partial charge in [-0.25, -0.2) is 4.98 Å². The van der Waals surface area contributed by atoms with Gasteiger partial charge >= 0.3 is 0 Å².